The highest BCUT2D eigenvalue weighted by Gasteiger charge is 2.50. The summed E-state index contributed by atoms with van der Waals surface area (Å²) in [6.45, 7) is 17.2. The van der Waals surface area contributed by atoms with Crippen LogP contribution in [0.3, 0.4) is 0 Å². The van der Waals surface area contributed by atoms with E-state index in [4.69, 9.17) is 5.73 Å². The molecule has 0 bridgehead atoms. The van der Waals surface area contributed by atoms with E-state index in [2.05, 4.69) is 31.4 Å². The lowest BCUT2D eigenvalue weighted by Crippen LogP contribution is -2.65. The number of nitrogens with two attached hydrogens (primary N) is 1. The molecule has 0 saturated carbocycles. The molecule has 1 heterocycles. The third-order valence-corrected chi connectivity index (χ3v) is 7.50. The van der Waals surface area contributed by atoms with Gasteiger partial charge in [0.05, 0.1) is 11.3 Å². The van der Waals surface area contributed by atoms with Crippen molar-refractivity contribution in [3.8, 4) is 0 Å². The molecule has 1 fully saturated rings. The topological polar surface area (TPSA) is 122 Å². The van der Waals surface area contributed by atoms with Crippen molar-refractivity contribution in [2.75, 3.05) is 13.1 Å². The molecule has 1 saturated heterocycles. The number of carbonyl (C=O) groups excluding carboxylic acids is 4. The van der Waals surface area contributed by atoms with Crippen molar-refractivity contribution in [2.45, 2.75) is 85.2 Å². The molecule has 4 amide bonds. The highest BCUT2D eigenvalue weighted by molar-refractivity contribution is 6.02. The SMILES string of the molecule is CC(C)(C)c1ccc(C(=O)NC(C)(C)C(CN)C(=O)NC(C)(C)C(C)(C)C(=O)N2CCC2=O)cc1. The summed E-state index contributed by atoms with van der Waals surface area (Å²) in [5.41, 5.74) is 4.60. The van der Waals surface area contributed by atoms with Crippen molar-refractivity contribution in [3.63, 3.8) is 0 Å². The summed E-state index contributed by atoms with van der Waals surface area (Å²) in [7, 11) is 0. The lowest BCUT2D eigenvalue weighted by molar-refractivity contribution is -0.160. The maximum absolute atomic E-state index is 13.4. The molecule has 35 heavy (non-hydrogen) atoms. The van der Waals surface area contributed by atoms with Gasteiger partial charge in [-0.15, -0.1) is 0 Å². The Morgan fingerprint density at radius 3 is 1.89 bits per heavy atom. The second-order valence-corrected chi connectivity index (χ2v) is 12.1. The lowest BCUT2D eigenvalue weighted by Gasteiger charge is -2.46. The van der Waals surface area contributed by atoms with Gasteiger partial charge in [0.15, 0.2) is 0 Å². The number of likely N-dealkylation sites (tertiary alicyclic amines) is 1. The van der Waals surface area contributed by atoms with Gasteiger partial charge in [-0.3, -0.25) is 24.1 Å². The molecule has 0 spiro atoms. The zero-order valence-corrected chi connectivity index (χ0v) is 22.7. The standard InChI is InChI=1S/C27H42N4O4/c1-24(2,3)18-12-10-17(11-13-18)21(33)29-26(6,7)19(16-28)22(34)30-27(8,9)25(4,5)23(35)31-15-14-20(31)32/h10-13,19H,14-16,28H2,1-9H3,(H,29,33)(H,30,34). The Balaban J connectivity index is 2.15. The Morgan fingerprint density at radius 1 is 0.943 bits per heavy atom. The molecule has 194 valence electrons. The first-order valence-electron chi connectivity index (χ1n) is 12.1. The van der Waals surface area contributed by atoms with Crippen LogP contribution >= 0.6 is 0 Å². The Morgan fingerprint density at radius 2 is 1.49 bits per heavy atom. The van der Waals surface area contributed by atoms with Gasteiger partial charge in [-0.25, -0.2) is 0 Å². The monoisotopic (exact) mass is 486 g/mol. The van der Waals surface area contributed by atoms with Gasteiger partial charge in [-0.05, 0) is 64.7 Å². The van der Waals surface area contributed by atoms with Crippen molar-refractivity contribution in [2.24, 2.45) is 17.1 Å². The molecule has 0 aromatic heterocycles. The Labute approximate surface area is 209 Å². The van der Waals surface area contributed by atoms with Crippen LogP contribution in [0.4, 0.5) is 0 Å². The summed E-state index contributed by atoms with van der Waals surface area (Å²) in [6, 6.07) is 7.41. The first-order chi connectivity index (χ1) is 15.8. The minimum Gasteiger partial charge on any atom is -0.350 e. The highest BCUT2D eigenvalue weighted by Crippen LogP contribution is 2.35. The van der Waals surface area contributed by atoms with Crippen LogP contribution in [-0.4, -0.2) is 52.7 Å². The zero-order chi connectivity index (χ0) is 27.0. The van der Waals surface area contributed by atoms with Crippen LogP contribution in [0.15, 0.2) is 24.3 Å². The van der Waals surface area contributed by atoms with E-state index in [-0.39, 0.29) is 35.6 Å². The van der Waals surface area contributed by atoms with Gasteiger partial charge >= 0.3 is 0 Å². The minimum absolute atomic E-state index is 0.00284. The number of carbonyl (C=O) groups is 4. The molecule has 0 radical (unpaired) electrons. The number of nitrogens with zero attached hydrogens (tertiary/aromatic N) is 1. The van der Waals surface area contributed by atoms with Crippen molar-refractivity contribution >= 4 is 23.6 Å². The normalized spacial score (nSPS) is 15.8. The van der Waals surface area contributed by atoms with Crippen LogP contribution in [0.5, 0.6) is 0 Å². The number of rotatable bonds is 8. The Bertz CT molecular complexity index is 987. The fourth-order valence-corrected chi connectivity index (χ4v) is 3.99. The predicted molar refractivity (Wildman–Crippen MR) is 137 cm³/mol. The van der Waals surface area contributed by atoms with Gasteiger partial charge in [0.2, 0.25) is 17.7 Å². The maximum Gasteiger partial charge on any atom is 0.251 e. The molecule has 1 aromatic rings. The van der Waals surface area contributed by atoms with Crippen LogP contribution in [-0.2, 0) is 19.8 Å². The molecular formula is C27H42N4O4. The molecule has 8 nitrogen and oxygen atoms in total. The van der Waals surface area contributed by atoms with Crippen LogP contribution < -0.4 is 16.4 Å². The molecule has 4 N–H and O–H groups in total. The molecule has 1 aromatic carbocycles. The average Bonchev–Trinajstić information content (AvgIpc) is 2.71. The summed E-state index contributed by atoms with van der Waals surface area (Å²) in [5, 5.41) is 5.91. The quantitative estimate of drug-likeness (QED) is 0.488. The molecule has 2 rings (SSSR count). The Hall–Kier alpha value is -2.74. The number of amides is 4. The average molecular weight is 487 g/mol. The third kappa shape index (κ3) is 5.92. The second kappa shape index (κ2) is 9.72. The predicted octanol–water partition coefficient (Wildman–Crippen LogP) is 2.75. The van der Waals surface area contributed by atoms with Gasteiger partial charge in [0.25, 0.3) is 5.91 Å². The summed E-state index contributed by atoms with van der Waals surface area (Å²) < 4.78 is 0. The van der Waals surface area contributed by atoms with Crippen LogP contribution in [0, 0.1) is 11.3 Å². The largest absolute Gasteiger partial charge is 0.350 e. The van der Waals surface area contributed by atoms with Gasteiger partial charge in [-0.1, -0.05) is 32.9 Å². The fraction of sp³-hybridized carbons (Fsp3) is 0.630. The second-order valence-electron chi connectivity index (χ2n) is 12.1. The van der Waals surface area contributed by atoms with E-state index in [1.165, 1.54) is 4.90 Å². The van der Waals surface area contributed by atoms with E-state index in [1.807, 2.05) is 12.1 Å². The van der Waals surface area contributed by atoms with Gasteiger partial charge < -0.3 is 16.4 Å². The van der Waals surface area contributed by atoms with Crippen LogP contribution in [0.2, 0.25) is 0 Å². The number of benzene rings is 1. The molecule has 8 heteroatoms. The van der Waals surface area contributed by atoms with Gasteiger partial charge in [0, 0.05) is 36.2 Å². The Kier molecular flexibility index (Phi) is 7.92. The summed E-state index contributed by atoms with van der Waals surface area (Å²) in [6.07, 6.45) is 0.358. The van der Waals surface area contributed by atoms with E-state index in [0.717, 1.165) is 5.56 Å². The molecular weight excluding hydrogens is 444 g/mol. The third-order valence-electron chi connectivity index (χ3n) is 7.50. The maximum atomic E-state index is 13.4. The number of hydrogen-bond acceptors (Lipinski definition) is 5. The molecule has 1 aliphatic heterocycles. The summed E-state index contributed by atoms with van der Waals surface area (Å²) in [4.78, 5) is 52.3. The summed E-state index contributed by atoms with van der Waals surface area (Å²) >= 11 is 0. The molecule has 1 aliphatic rings. The molecule has 1 unspecified atom stereocenters. The molecule has 1 atom stereocenters. The summed E-state index contributed by atoms with van der Waals surface area (Å²) in [5.74, 6) is -1.95. The minimum atomic E-state index is -1.04. The molecule has 0 aliphatic carbocycles. The first-order valence-corrected chi connectivity index (χ1v) is 12.1. The zero-order valence-electron chi connectivity index (χ0n) is 22.7. The van der Waals surface area contributed by atoms with E-state index in [9.17, 15) is 19.2 Å². The number of β-lactam (4-membered cyclic amide) rings is 1. The van der Waals surface area contributed by atoms with Crippen molar-refractivity contribution < 1.29 is 19.2 Å². The van der Waals surface area contributed by atoms with E-state index < -0.39 is 22.4 Å². The lowest BCUT2D eigenvalue weighted by atomic mass is 9.72. The highest BCUT2D eigenvalue weighted by atomic mass is 16.2. The van der Waals surface area contributed by atoms with E-state index >= 15 is 0 Å². The van der Waals surface area contributed by atoms with E-state index in [1.54, 1.807) is 53.7 Å². The number of nitrogens with one attached hydrogen (secondary N) is 2. The van der Waals surface area contributed by atoms with Crippen molar-refractivity contribution in [1.29, 1.82) is 0 Å². The van der Waals surface area contributed by atoms with Gasteiger partial charge in [-0.2, -0.15) is 0 Å². The van der Waals surface area contributed by atoms with Gasteiger partial charge in [0.1, 0.15) is 0 Å². The fourth-order valence-electron chi connectivity index (χ4n) is 3.99. The van der Waals surface area contributed by atoms with Crippen molar-refractivity contribution in [3.05, 3.63) is 35.4 Å². The number of imide groups is 1. The first kappa shape index (κ1) is 28.5. The van der Waals surface area contributed by atoms with Crippen molar-refractivity contribution in [1.82, 2.24) is 15.5 Å². The smallest absolute Gasteiger partial charge is 0.251 e. The van der Waals surface area contributed by atoms with Crippen LogP contribution in [0.25, 0.3) is 0 Å². The number of hydrogen-bond donors (Lipinski definition) is 3. The van der Waals surface area contributed by atoms with E-state index in [0.29, 0.717) is 18.5 Å². The van der Waals surface area contributed by atoms with Crippen LogP contribution in [0.1, 0.15) is 84.7 Å².